The molecule has 0 aliphatic heterocycles. The zero-order chi connectivity index (χ0) is 12.1. The molecule has 0 fully saturated rings. The Kier molecular flexibility index (Phi) is 4.06. The number of aromatic nitrogens is 2. The Morgan fingerprint density at radius 2 is 2.38 bits per heavy atom. The molecular formula is C11H16N4O. The van der Waals surface area contributed by atoms with E-state index in [-0.39, 0.29) is 17.8 Å². The van der Waals surface area contributed by atoms with Gasteiger partial charge in [-0.1, -0.05) is 6.92 Å². The van der Waals surface area contributed by atoms with Crippen LogP contribution in [-0.2, 0) is 4.79 Å². The van der Waals surface area contributed by atoms with Gasteiger partial charge in [0.15, 0.2) is 0 Å². The molecule has 16 heavy (non-hydrogen) atoms. The number of carbonyl (C=O) groups is 1. The minimum Gasteiger partial charge on any atom is -0.352 e. The van der Waals surface area contributed by atoms with Gasteiger partial charge in [0.1, 0.15) is 12.1 Å². The Bertz CT molecular complexity index is 404. The van der Waals surface area contributed by atoms with E-state index in [4.69, 9.17) is 5.26 Å². The van der Waals surface area contributed by atoms with E-state index in [0.29, 0.717) is 0 Å². The smallest absolute Gasteiger partial charge is 0.243 e. The molecule has 1 rings (SSSR count). The van der Waals surface area contributed by atoms with Gasteiger partial charge in [-0.3, -0.25) is 4.79 Å². The van der Waals surface area contributed by atoms with Crippen LogP contribution in [0, 0.1) is 11.3 Å². The van der Waals surface area contributed by atoms with Gasteiger partial charge in [-0.05, 0) is 20.3 Å². The number of nitrogens with one attached hydrogen (secondary N) is 1. The van der Waals surface area contributed by atoms with E-state index in [1.807, 2.05) is 19.9 Å². The lowest BCUT2D eigenvalue weighted by molar-refractivity contribution is -0.124. The SMILES string of the molecule is CCC(C)NC(=O)C(C)n1ccnc1C#N. The fourth-order valence-corrected chi connectivity index (χ4v) is 1.30. The van der Waals surface area contributed by atoms with Crippen LogP contribution in [0.3, 0.4) is 0 Å². The summed E-state index contributed by atoms with van der Waals surface area (Å²) in [4.78, 5) is 15.7. The first kappa shape index (κ1) is 12.2. The summed E-state index contributed by atoms with van der Waals surface area (Å²) in [5.41, 5.74) is 0. The molecule has 2 unspecified atom stereocenters. The summed E-state index contributed by atoms with van der Waals surface area (Å²) in [6.45, 7) is 5.71. The molecular weight excluding hydrogens is 204 g/mol. The molecule has 0 saturated carbocycles. The van der Waals surface area contributed by atoms with Crippen LogP contribution in [0.25, 0.3) is 0 Å². The lowest BCUT2D eigenvalue weighted by Gasteiger charge is -2.17. The van der Waals surface area contributed by atoms with Gasteiger partial charge < -0.3 is 9.88 Å². The molecule has 1 heterocycles. The Morgan fingerprint density at radius 1 is 1.69 bits per heavy atom. The Balaban J connectivity index is 2.75. The Labute approximate surface area is 95.1 Å². The van der Waals surface area contributed by atoms with E-state index in [1.165, 1.54) is 6.20 Å². The zero-order valence-corrected chi connectivity index (χ0v) is 9.77. The van der Waals surface area contributed by atoms with Crippen molar-refractivity contribution in [3.63, 3.8) is 0 Å². The highest BCUT2D eigenvalue weighted by Gasteiger charge is 2.18. The fraction of sp³-hybridized carbons (Fsp3) is 0.545. The number of hydrogen-bond donors (Lipinski definition) is 1. The quantitative estimate of drug-likeness (QED) is 0.829. The molecule has 1 amide bonds. The van der Waals surface area contributed by atoms with E-state index in [9.17, 15) is 4.79 Å². The van der Waals surface area contributed by atoms with Crippen LogP contribution in [0.4, 0.5) is 0 Å². The van der Waals surface area contributed by atoms with Gasteiger partial charge in [0.05, 0.1) is 0 Å². The number of nitriles is 1. The van der Waals surface area contributed by atoms with Crippen LogP contribution >= 0.6 is 0 Å². The van der Waals surface area contributed by atoms with E-state index >= 15 is 0 Å². The molecule has 0 aliphatic rings. The molecule has 86 valence electrons. The van der Waals surface area contributed by atoms with Crippen LogP contribution in [0.15, 0.2) is 12.4 Å². The van der Waals surface area contributed by atoms with Gasteiger partial charge in [-0.15, -0.1) is 0 Å². The summed E-state index contributed by atoms with van der Waals surface area (Å²) in [7, 11) is 0. The van der Waals surface area contributed by atoms with Gasteiger partial charge in [0.2, 0.25) is 11.7 Å². The second-order valence-corrected chi connectivity index (χ2v) is 3.76. The third kappa shape index (κ3) is 2.60. The number of carbonyl (C=O) groups excluding carboxylic acids is 1. The molecule has 0 spiro atoms. The van der Waals surface area contributed by atoms with Gasteiger partial charge in [0.25, 0.3) is 0 Å². The van der Waals surface area contributed by atoms with E-state index in [2.05, 4.69) is 10.3 Å². The standard InChI is InChI=1S/C11H16N4O/c1-4-8(2)14-11(16)9(3)15-6-5-13-10(15)7-12/h5-6,8-9H,4H2,1-3H3,(H,14,16). The van der Waals surface area contributed by atoms with Crippen molar-refractivity contribution in [1.82, 2.24) is 14.9 Å². The second kappa shape index (κ2) is 5.31. The van der Waals surface area contributed by atoms with Crippen LogP contribution in [0.1, 0.15) is 39.1 Å². The Morgan fingerprint density at radius 3 is 2.94 bits per heavy atom. The molecule has 0 saturated heterocycles. The Hall–Kier alpha value is -1.83. The third-order valence-corrected chi connectivity index (χ3v) is 2.57. The maximum atomic E-state index is 11.8. The first-order valence-electron chi connectivity index (χ1n) is 5.33. The van der Waals surface area contributed by atoms with Crippen molar-refractivity contribution in [2.45, 2.75) is 39.3 Å². The van der Waals surface area contributed by atoms with Crippen LogP contribution in [-0.4, -0.2) is 21.5 Å². The van der Waals surface area contributed by atoms with Crippen LogP contribution in [0.5, 0.6) is 0 Å². The summed E-state index contributed by atoms with van der Waals surface area (Å²) in [6, 6.07) is 1.68. The van der Waals surface area contributed by atoms with Crippen LogP contribution in [0.2, 0.25) is 0 Å². The van der Waals surface area contributed by atoms with Crippen molar-refractivity contribution in [1.29, 1.82) is 5.26 Å². The molecule has 2 atom stereocenters. The maximum Gasteiger partial charge on any atom is 0.243 e. The number of amides is 1. The monoisotopic (exact) mass is 220 g/mol. The highest BCUT2D eigenvalue weighted by Crippen LogP contribution is 2.09. The summed E-state index contributed by atoms with van der Waals surface area (Å²) in [5, 5.41) is 11.7. The van der Waals surface area contributed by atoms with Gasteiger partial charge >= 0.3 is 0 Å². The normalized spacial score (nSPS) is 13.9. The lowest BCUT2D eigenvalue weighted by atomic mass is 10.2. The lowest BCUT2D eigenvalue weighted by Crippen LogP contribution is -2.37. The van der Waals surface area contributed by atoms with Gasteiger partial charge in [-0.2, -0.15) is 5.26 Å². The highest BCUT2D eigenvalue weighted by atomic mass is 16.2. The average molecular weight is 220 g/mol. The number of nitrogens with zero attached hydrogens (tertiary/aromatic N) is 3. The summed E-state index contributed by atoms with van der Waals surface area (Å²) >= 11 is 0. The van der Waals surface area contributed by atoms with Crippen molar-refractivity contribution in [3.8, 4) is 6.07 Å². The molecule has 0 aromatic carbocycles. The predicted octanol–water partition coefficient (Wildman–Crippen LogP) is 1.23. The molecule has 1 N–H and O–H groups in total. The predicted molar refractivity (Wildman–Crippen MR) is 59.5 cm³/mol. The minimum atomic E-state index is -0.411. The zero-order valence-electron chi connectivity index (χ0n) is 9.77. The van der Waals surface area contributed by atoms with Crippen molar-refractivity contribution < 1.29 is 4.79 Å². The van der Waals surface area contributed by atoms with E-state index < -0.39 is 6.04 Å². The van der Waals surface area contributed by atoms with Crippen molar-refractivity contribution in [2.75, 3.05) is 0 Å². The van der Waals surface area contributed by atoms with Crippen molar-refractivity contribution >= 4 is 5.91 Å². The van der Waals surface area contributed by atoms with Crippen LogP contribution < -0.4 is 5.32 Å². The molecule has 5 heteroatoms. The van der Waals surface area contributed by atoms with Crippen molar-refractivity contribution in [3.05, 3.63) is 18.2 Å². The molecule has 1 aromatic rings. The first-order chi connectivity index (χ1) is 7.60. The molecule has 0 aliphatic carbocycles. The molecule has 0 bridgehead atoms. The first-order valence-corrected chi connectivity index (χ1v) is 5.33. The highest BCUT2D eigenvalue weighted by molar-refractivity contribution is 5.80. The third-order valence-electron chi connectivity index (χ3n) is 2.57. The van der Waals surface area contributed by atoms with Gasteiger partial charge in [-0.25, -0.2) is 4.98 Å². The van der Waals surface area contributed by atoms with Crippen molar-refractivity contribution in [2.24, 2.45) is 0 Å². The molecule has 5 nitrogen and oxygen atoms in total. The number of hydrogen-bond acceptors (Lipinski definition) is 3. The summed E-state index contributed by atoms with van der Waals surface area (Å²) in [5.74, 6) is 0.163. The fourth-order valence-electron chi connectivity index (χ4n) is 1.30. The van der Waals surface area contributed by atoms with Gasteiger partial charge in [0, 0.05) is 18.4 Å². The minimum absolute atomic E-state index is 0.0937. The number of rotatable bonds is 4. The topological polar surface area (TPSA) is 70.7 Å². The summed E-state index contributed by atoms with van der Waals surface area (Å²) in [6.07, 6.45) is 4.04. The number of imidazole rings is 1. The molecule has 0 radical (unpaired) electrons. The largest absolute Gasteiger partial charge is 0.352 e. The second-order valence-electron chi connectivity index (χ2n) is 3.76. The maximum absolute atomic E-state index is 11.8. The summed E-state index contributed by atoms with van der Waals surface area (Å²) < 4.78 is 1.57. The molecule has 1 aromatic heterocycles. The van der Waals surface area contributed by atoms with E-state index in [0.717, 1.165) is 6.42 Å². The average Bonchev–Trinajstić information content (AvgIpc) is 2.75. The van der Waals surface area contributed by atoms with E-state index in [1.54, 1.807) is 17.7 Å².